The van der Waals surface area contributed by atoms with Gasteiger partial charge in [-0.3, -0.25) is 0 Å². The van der Waals surface area contributed by atoms with E-state index in [1.807, 2.05) is 49.7 Å². The van der Waals surface area contributed by atoms with E-state index in [2.05, 4.69) is 0 Å². The van der Waals surface area contributed by atoms with E-state index in [1.54, 1.807) is 0 Å². The molecule has 0 aromatic carbocycles. The first-order valence-corrected chi connectivity index (χ1v) is 5.38. The first-order chi connectivity index (χ1) is 7.63. The molecular weight excluding hydrogens is 202 g/mol. The summed E-state index contributed by atoms with van der Waals surface area (Å²) < 4.78 is 7.02. The number of carbonyl (C=O) groups is 1. The number of aryl methyl sites for hydroxylation is 2. The van der Waals surface area contributed by atoms with E-state index in [4.69, 9.17) is 4.74 Å². The summed E-state index contributed by atoms with van der Waals surface area (Å²) in [6, 6.07) is 4.01. The van der Waals surface area contributed by atoms with Gasteiger partial charge in [0, 0.05) is 12.4 Å². The average molecular weight is 217 g/mol. The first kappa shape index (κ1) is 10.7. The fraction of sp³-hybridized carbons (Fsp3) is 0.308. The Bertz CT molecular complexity index is 540. The second-order valence-corrected chi connectivity index (χ2v) is 3.90. The summed E-state index contributed by atoms with van der Waals surface area (Å²) in [6.07, 6.45) is 3.90. The molecule has 3 nitrogen and oxygen atoms in total. The Morgan fingerprint density at radius 1 is 1.44 bits per heavy atom. The minimum atomic E-state index is -0.242. The molecule has 0 amide bonds. The number of pyridine rings is 1. The van der Waals surface area contributed by atoms with Crippen LogP contribution in [0.2, 0.25) is 0 Å². The van der Waals surface area contributed by atoms with E-state index in [0.29, 0.717) is 12.2 Å². The zero-order valence-corrected chi connectivity index (χ0v) is 9.78. The van der Waals surface area contributed by atoms with Gasteiger partial charge in [0.15, 0.2) is 0 Å². The molecule has 0 spiro atoms. The smallest absolute Gasteiger partial charge is 0.340 e. The van der Waals surface area contributed by atoms with Crippen LogP contribution >= 0.6 is 0 Å². The number of rotatable bonds is 2. The Morgan fingerprint density at radius 3 is 2.88 bits per heavy atom. The molecule has 0 saturated heterocycles. The zero-order valence-electron chi connectivity index (χ0n) is 9.78. The number of esters is 1. The van der Waals surface area contributed by atoms with Crippen LogP contribution in [-0.4, -0.2) is 17.0 Å². The van der Waals surface area contributed by atoms with Crippen molar-refractivity contribution in [1.29, 1.82) is 0 Å². The second-order valence-electron chi connectivity index (χ2n) is 3.90. The van der Waals surface area contributed by atoms with E-state index in [9.17, 15) is 4.79 Å². The Hall–Kier alpha value is -1.77. The largest absolute Gasteiger partial charge is 0.462 e. The zero-order chi connectivity index (χ0) is 11.7. The van der Waals surface area contributed by atoms with Gasteiger partial charge in [0.05, 0.1) is 17.7 Å². The molecule has 3 heteroatoms. The molecular formula is C13H15NO2. The molecule has 0 N–H and O–H groups in total. The maximum absolute atomic E-state index is 11.8. The molecule has 16 heavy (non-hydrogen) atoms. The lowest BCUT2D eigenvalue weighted by Gasteiger charge is -2.02. The Balaban J connectivity index is 2.62. The van der Waals surface area contributed by atoms with Crippen molar-refractivity contribution < 1.29 is 9.53 Å². The van der Waals surface area contributed by atoms with E-state index < -0.39 is 0 Å². The van der Waals surface area contributed by atoms with Crippen LogP contribution in [-0.2, 0) is 4.74 Å². The van der Waals surface area contributed by atoms with Crippen LogP contribution in [0.25, 0.3) is 5.52 Å². The quantitative estimate of drug-likeness (QED) is 0.724. The summed E-state index contributed by atoms with van der Waals surface area (Å²) in [5.41, 5.74) is 3.67. The van der Waals surface area contributed by atoms with Crippen molar-refractivity contribution in [2.75, 3.05) is 6.61 Å². The van der Waals surface area contributed by atoms with E-state index in [0.717, 1.165) is 16.6 Å². The normalized spacial score (nSPS) is 10.7. The average Bonchev–Trinajstić information content (AvgIpc) is 2.53. The molecule has 2 heterocycles. The predicted octanol–water partition coefficient (Wildman–Crippen LogP) is 2.73. The van der Waals surface area contributed by atoms with Gasteiger partial charge in [-0.15, -0.1) is 0 Å². The van der Waals surface area contributed by atoms with Gasteiger partial charge in [-0.05, 0) is 44.0 Å². The number of carbonyl (C=O) groups excluding carboxylic acids is 1. The summed E-state index contributed by atoms with van der Waals surface area (Å²) in [5, 5.41) is 0. The lowest BCUT2D eigenvalue weighted by Crippen LogP contribution is -2.05. The third-order valence-corrected chi connectivity index (χ3v) is 2.60. The summed E-state index contributed by atoms with van der Waals surface area (Å²) in [4.78, 5) is 11.8. The molecule has 84 valence electrons. The molecule has 0 aliphatic rings. The maximum atomic E-state index is 11.8. The Kier molecular flexibility index (Phi) is 2.69. The van der Waals surface area contributed by atoms with Crippen molar-refractivity contribution in [3.8, 4) is 0 Å². The lowest BCUT2D eigenvalue weighted by atomic mass is 10.1. The maximum Gasteiger partial charge on any atom is 0.340 e. The van der Waals surface area contributed by atoms with E-state index in [-0.39, 0.29) is 5.97 Å². The summed E-state index contributed by atoms with van der Waals surface area (Å²) in [5.74, 6) is -0.242. The Labute approximate surface area is 94.6 Å². The standard InChI is InChI=1S/C13H15NO2/c1-4-16-13(15)12-10(3)8-14-6-5-9(2)7-11(12)14/h5-8H,4H2,1-3H3. The molecule has 0 radical (unpaired) electrons. The third-order valence-electron chi connectivity index (χ3n) is 2.60. The highest BCUT2D eigenvalue weighted by Gasteiger charge is 2.16. The molecule has 0 saturated carbocycles. The van der Waals surface area contributed by atoms with Gasteiger partial charge in [-0.25, -0.2) is 4.79 Å². The first-order valence-electron chi connectivity index (χ1n) is 5.38. The van der Waals surface area contributed by atoms with Gasteiger partial charge >= 0.3 is 5.97 Å². The van der Waals surface area contributed by atoms with Crippen molar-refractivity contribution in [3.63, 3.8) is 0 Å². The van der Waals surface area contributed by atoms with Crippen LogP contribution in [0.3, 0.4) is 0 Å². The molecule has 0 aliphatic carbocycles. The van der Waals surface area contributed by atoms with Crippen LogP contribution in [0.5, 0.6) is 0 Å². The van der Waals surface area contributed by atoms with Crippen LogP contribution in [0.4, 0.5) is 0 Å². The van der Waals surface area contributed by atoms with Gasteiger partial charge in [0.2, 0.25) is 0 Å². The number of hydrogen-bond acceptors (Lipinski definition) is 2. The van der Waals surface area contributed by atoms with Gasteiger partial charge in [0.1, 0.15) is 0 Å². The van der Waals surface area contributed by atoms with Crippen molar-refractivity contribution >= 4 is 11.5 Å². The molecule has 2 aromatic rings. The molecule has 0 bridgehead atoms. The van der Waals surface area contributed by atoms with Gasteiger partial charge in [-0.1, -0.05) is 0 Å². The number of aromatic nitrogens is 1. The summed E-state index contributed by atoms with van der Waals surface area (Å²) >= 11 is 0. The molecule has 2 aromatic heterocycles. The van der Waals surface area contributed by atoms with Crippen LogP contribution in [0, 0.1) is 13.8 Å². The minimum absolute atomic E-state index is 0.242. The second kappa shape index (κ2) is 4.00. The highest BCUT2D eigenvalue weighted by molar-refractivity contribution is 5.99. The number of hydrogen-bond donors (Lipinski definition) is 0. The van der Waals surface area contributed by atoms with E-state index >= 15 is 0 Å². The van der Waals surface area contributed by atoms with Crippen molar-refractivity contribution in [2.24, 2.45) is 0 Å². The monoisotopic (exact) mass is 217 g/mol. The van der Waals surface area contributed by atoms with Crippen LogP contribution in [0.1, 0.15) is 28.4 Å². The molecule has 2 rings (SSSR count). The van der Waals surface area contributed by atoms with Crippen molar-refractivity contribution in [1.82, 2.24) is 4.40 Å². The molecule has 0 fully saturated rings. The predicted molar refractivity (Wildman–Crippen MR) is 62.8 cm³/mol. The highest BCUT2D eigenvalue weighted by atomic mass is 16.5. The van der Waals surface area contributed by atoms with Crippen molar-refractivity contribution in [3.05, 3.63) is 41.2 Å². The van der Waals surface area contributed by atoms with Crippen molar-refractivity contribution in [2.45, 2.75) is 20.8 Å². The molecule has 0 atom stereocenters. The Morgan fingerprint density at radius 2 is 2.19 bits per heavy atom. The number of ether oxygens (including phenoxy) is 1. The number of nitrogens with zero attached hydrogens (tertiary/aromatic N) is 1. The molecule has 0 aliphatic heterocycles. The highest BCUT2D eigenvalue weighted by Crippen LogP contribution is 2.20. The number of fused-ring (bicyclic) bond motifs is 1. The topological polar surface area (TPSA) is 30.7 Å². The molecule has 0 unspecified atom stereocenters. The summed E-state index contributed by atoms with van der Waals surface area (Å²) in [6.45, 7) is 6.16. The fourth-order valence-electron chi connectivity index (χ4n) is 1.87. The summed E-state index contributed by atoms with van der Waals surface area (Å²) in [7, 11) is 0. The lowest BCUT2D eigenvalue weighted by molar-refractivity contribution is 0.0528. The SMILES string of the molecule is CCOC(=O)c1c(C)cn2ccc(C)cc12. The van der Waals surface area contributed by atoms with Crippen LogP contribution in [0.15, 0.2) is 24.5 Å². The third kappa shape index (κ3) is 1.69. The van der Waals surface area contributed by atoms with E-state index in [1.165, 1.54) is 0 Å². The van der Waals surface area contributed by atoms with Crippen LogP contribution < -0.4 is 0 Å². The fourth-order valence-corrected chi connectivity index (χ4v) is 1.87. The van der Waals surface area contributed by atoms with Gasteiger partial charge in [-0.2, -0.15) is 0 Å². The van der Waals surface area contributed by atoms with Gasteiger partial charge in [0.25, 0.3) is 0 Å². The van der Waals surface area contributed by atoms with Gasteiger partial charge < -0.3 is 9.14 Å². The minimum Gasteiger partial charge on any atom is -0.462 e.